The van der Waals surface area contributed by atoms with Crippen LogP contribution in [-0.4, -0.2) is 36.3 Å². The Hall–Kier alpha value is -2.66. The third-order valence-electron chi connectivity index (χ3n) is 4.56. The highest BCUT2D eigenvalue weighted by Gasteiger charge is 2.16. The van der Waals surface area contributed by atoms with Gasteiger partial charge in [-0.1, -0.05) is 48.9 Å². The molecule has 136 valence electrons. The molecule has 2 aromatic rings. The quantitative estimate of drug-likeness (QED) is 0.841. The summed E-state index contributed by atoms with van der Waals surface area (Å²) in [5, 5.41) is 5.81. The number of carbonyl (C=O) groups is 2. The summed E-state index contributed by atoms with van der Waals surface area (Å²) in [4.78, 5) is 27.1. The van der Waals surface area contributed by atoms with Crippen LogP contribution in [0.5, 0.6) is 0 Å². The Morgan fingerprint density at radius 3 is 2.35 bits per heavy atom. The van der Waals surface area contributed by atoms with Crippen molar-refractivity contribution in [2.45, 2.75) is 25.8 Å². The number of amides is 2. The first-order valence-electron chi connectivity index (χ1n) is 9.16. The Bertz CT molecular complexity index is 740. The van der Waals surface area contributed by atoms with E-state index in [1.165, 1.54) is 6.42 Å². The first-order chi connectivity index (χ1) is 12.7. The Labute approximate surface area is 154 Å². The molecule has 0 aliphatic carbocycles. The maximum absolute atomic E-state index is 12.5. The lowest BCUT2D eigenvalue weighted by atomic mass is 10.1. The average molecular weight is 351 g/mol. The van der Waals surface area contributed by atoms with Gasteiger partial charge < -0.3 is 10.6 Å². The monoisotopic (exact) mass is 351 g/mol. The third-order valence-corrected chi connectivity index (χ3v) is 4.56. The topological polar surface area (TPSA) is 61.4 Å². The van der Waals surface area contributed by atoms with E-state index in [1.807, 2.05) is 36.4 Å². The summed E-state index contributed by atoms with van der Waals surface area (Å²) in [6.45, 7) is 2.76. The van der Waals surface area contributed by atoms with Gasteiger partial charge in [0.1, 0.15) is 0 Å². The van der Waals surface area contributed by atoms with Crippen molar-refractivity contribution in [3.05, 3.63) is 65.7 Å². The van der Waals surface area contributed by atoms with E-state index in [-0.39, 0.29) is 11.8 Å². The summed E-state index contributed by atoms with van der Waals surface area (Å²) >= 11 is 0. The molecule has 2 amide bonds. The Morgan fingerprint density at radius 2 is 1.58 bits per heavy atom. The second kappa shape index (κ2) is 9.15. The van der Waals surface area contributed by atoms with Crippen LogP contribution in [0, 0.1) is 0 Å². The van der Waals surface area contributed by atoms with Crippen molar-refractivity contribution in [2.24, 2.45) is 0 Å². The highest BCUT2D eigenvalue weighted by atomic mass is 16.2. The van der Waals surface area contributed by atoms with Gasteiger partial charge in [0.05, 0.1) is 17.8 Å². The summed E-state index contributed by atoms with van der Waals surface area (Å²) in [6.07, 6.45) is 3.53. The number of hydrogen-bond donors (Lipinski definition) is 2. The van der Waals surface area contributed by atoms with E-state index in [1.54, 1.807) is 18.2 Å². The van der Waals surface area contributed by atoms with Gasteiger partial charge >= 0.3 is 0 Å². The molecule has 2 aromatic carbocycles. The molecule has 5 nitrogen and oxygen atoms in total. The van der Waals surface area contributed by atoms with E-state index in [4.69, 9.17) is 0 Å². The summed E-state index contributed by atoms with van der Waals surface area (Å²) in [6, 6.07) is 16.9. The third kappa shape index (κ3) is 5.17. The number of nitrogens with one attached hydrogen (secondary N) is 2. The molecular formula is C21H25N3O2. The van der Waals surface area contributed by atoms with Gasteiger partial charge in [0.2, 0.25) is 5.91 Å². The molecule has 0 bridgehead atoms. The van der Waals surface area contributed by atoms with Crippen LogP contribution in [0.1, 0.15) is 35.2 Å². The Kier molecular flexibility index (Phi) is 6.39. The molecule has 5 heteroatoms. The van der Waals surface area contributed by atoms with Gasteiger partial charge in [-0.3, -0.25) is 14.5 Å². The Morgan fingerprint density at radius 1 is 0.885 bits per heavy atom. The van der Waals surface area contributed by atoms with E-state index in [9.17, 15) is 9.59 Å². The van der Waals surface area contributed by atoms with Crippen LogP contribution in [0.4, 0.5) is 5.69 Å². The highest BCUT2D eigenvalue weighted by Crippen LogP contribution is 2.16. The zero-order chi connectivity index (χ0) is 18.2. The van der Waals surface area contributed by atoms with Crippen molar-refractivity contribution < 1.29 is 9.59 Å². The highest BCUT2D eigenvalue weighted by molar-refractivity contribution is 6.04. The van der Waals surface area contributed by atoms with Gasteiger partial charge in [0.15, 0.2) is 0 Å². The molecule has 2 N–H and O–H groups in total. The number of likely N-dealkylation sites (tertiary alicyclic amines) is 1. The number of para-hydroxylation sites is 1. The molecule has 1 aliphatic heterocycles. The van der Waals surface area contributed by atoms with Crippen LogP contribution in [0.3, 0.4) is 0 Å². The number of carbonyl (C=O) groups excluding carboxylic acids is 2. The molecular weight excluding hydrogens is 326 g/mol. The minimum Gasteiger partial charge on any atom is -0.348 e. The molecule has 3 rings (SSSR count). The van der Waals surface area contributed by atoms with Gasteiger partial charge in [0.25, 0.3) is 5.91 Å². The smallest absolute Gasteiger partial charge is 0.253 e. The lowest BCUT2D eigenvalue weighted by Gasteiger charge is -2.25. The zero-order valence-corrected chi connectivity index (χ0v) is 14.9. The fraction of sp³-hybridized carbons (Fsp3) is 0.333. The second-order valence-corrected chi connectivity index (χ2v) is 6.60. The fourth-order valence-corrected chi connectivity index (χ4v) is 3.17. The van der Waals surface area contributed by atoms with Crippen LogP contribution in [0.2, 0.25) is 0 Å². The van der Waals surface area contributed by atoms with E-state index >= 15 is 0 Å². The summed E-state index contributed by atoms with van der Waals surface area (Å²) in [5.74, 6) is -0.266. The molecule has 0 radical (unpaired) electrons. The summed E-state index contributed by atoms with van der Waals surface area (Å²) < 4.78 is 0. The Balaban J connectivity index is 1.59. The standard InChI is InChI=1S/C21H25N3O2/c25-20(16-24-13-7-2-8-14-24)23-19-12-6-5-11-18(19)21(26)22-15-17-9-3-1-4-10-17/h1,3-6,9-12H,2,7-8,13-16H2,(H,22,26)(H,23,25). The van der Waals surface area contributed by atoms with Crippen LogP contribution in [0.25, 0.3) is 0 Å². The second-order valence-electron chi connectivity index (χ2n) is 6.60. The number of nitrogens with zero attached hydrogens (tertiary/aromatic N) is 1. The molecule has 1 saturated heterocycles. The lowest BCUT2D eigenvalue weighted by Crippen LogP contribution is -2.37. The van der Waals surface area contributed by atoms with Gasteiger partial charge in [-0.15, -0.1) is 0 Å². The van der Waals surface area contributed by atoms with Crippen molar-refractivity contribution in [2.75, 3.05) is 25.0 Å². The number of piperidine rings is 1. The molecule has 0 aromatic heterocycles. The van der Waals surface area contributed by atoms with Crippen molar-refractivity contribution in [3.63, 3.8) is 0 Å². The van der Waals surface area contributed by atoms with Gasteiger partial charge in [-0.25, -0.2) is 0 Å². The minimum absolute atomic E-state index is 0.0739. The van der Waals surface area contributed by atoms with Crippen molar-refractivity contribution in [1.29, 1.82) is 0 Å². The van der Waals surface area contributed by atoms with Crippen molar-refractivity contribution in [3.8, 4) is 0 Å². The molecule has 1 fully saturated rings. The van der Waals surface area contributed by atoms with Gasteiger partial charge in [0, 0.05) is 6.54 Å². The molecule has 0 spiro atoms. The molecule has 1 heterocycles. The SMILES string of the molecule is O=C(CN1CCCCC1)Nc1ccccc1C(=O)NCc1ccccc1. The van der Waals surface area contributed by atoms with E-state index in [0.717, 1.165) is 31.5 Å². The number of hydrogen-bond acceptors (Lipinski definition) is 3. The molecule has 0 atom stereocenters. The van der Waals surface area contributed by atoms with Crippen LogP contribution < -0.4 is 10.6 Å². The van der Waals surface area contributed by atoms with Gasteiger partial charge in [-0.2, -0.15) is 0 Å². The normalized spacial score (nSPS) is 14.6. The average Bonchev–Trinajstić information content (AvgIpc) is 2.68. The van der Waals surface area contributed by atoms with E-state index < -0.39 is 0 Å². The number of rotatable bonds is 6. The summed E-state index contributed by atoms with van der Waals surface area (Å²) in [5.41, 5.74) is 2.07. The van der Waals surface area contributed by atoms with Crippen molar-refractivity contribution in [1.82, 2.24) is 10.2 Å². The van der Waals surface area contributed by atoms with Crippen LogP contribution in [0.15, 0.2) is 54.6 Å². The first kappa shape index (κ1) is 18.1. The van der Waals surface area contributed by atoms with Gasteiger partial charge in [-0.05, 0) is 43.6 Å². The van der Waals surface area contributed by atoms with Crippen molar-refractivity contribution >= 4 is 17.5 Å². The maximum atomic E-state index is 12.5. The molecule has 0 saturated carbocycles. The van der Waals surface area contributed by atoms with E-state index in [0.29, 0.717) is 24.3 Å². The first-order valence-corrected chi connectivity index (χ1v) is 9.16. The predicted octanol–water partition coefficient (Wildman–Crippen LogP) is 3.04. The van der Waals surface area contributed by atoms with Crippen LogP contribution in [-0.2, 0) is 11.3 Å². The minimum atomic E-state index is -0.192. The maximum Gasteiger partial charge on any atom is 0.253 e. The molecule has 0 unspecified atom stereocenters. The zero-order valence-electron chi connectivity index (χ0n) is 14.9. The lowest BCUT2D eigenvalue weighted by molar-refractivity contribution is -0.117. The summed E-state index contributed by atoms with van der Waals surface area (Å²) in [7, 11) is 0. The molecule has 26 heavy (non-hydrogen) atoms. The van der Waals surface area contributed by atoms with E-state index in [2.05, 4.69) is 15.5 Å². The predicted molar refractivity (Wildman–Crippen MR) is 103 cm³/mol. The number of benzene rings is 2. The molecule has 1 aliphatic rings. The number of anilines is 1. The fourth-order valence-electron chi connectivity index (χ4n) is 3.17. The van der Waals surface area contributed by atoms with Crippen LogP contribution >= 0.6 is 0 Å². The largest absolute Gasteiger partial charge is 0.348 e.